The molecule has 0 bridgehead atoms. The number of hydrogen-bond acceptors (Lipinski definition) is 9. The van der Waals surface area contributed by atoms with Crippen molar-refractivity contribution in [3.05, 3.63) is 83.4 Å². The molecule has 0 amide bonds. The van der Waals surface area contributed by atoms with Crippen molar-refractivity contribution in [3.8, 4) is 11.5 Å². The lowest BCUT2D eigenvalue weighted by atomic mass is 10.2. The van der Waals surface area contributed by atoms with E-state index in [2.05, 4.69) is 36.1 Å². The van der Waals surface area contributed by atoms with Crippen LogP contribution in [0.15, 0.2) is 77.9 Å². The van der Waals surface area contributed by atoms with E-state index in [1.807, 2.05) is 54.6 Å². The number of nitrogens with one attached hydrogen (secondary N) is 3. The van der Waals surface area contributed by atoms with Crippen LogP contribution in [0.2, 0.25) is 5.02 Å². The molecule has 0 aliphatic rings. The van der Waals surface area contributed by atoms with Gasteiger partial charge in [0.25, 0.3) is 0 Å². The highest BCUT2D eigenvalue weighted by molar-refractivity contribution is 6.30. The number of ether oxygens (including phenoxy) is 1. The quantitative estimate of drug-likeness (QED) is 0.210. The van der Waals surface area contributed by atoms with Crippen LogP contribution in [0.3, 0.4) is 0 Å². The Balaban J connectivity index is 1.58. The summed E-state index contributed by atoms with van der Waals surface area (Å²) in [4.78, 5) is 13.2. The molecule has 0 aliphatic heterocycles. The molecule has 0 fully saturated rings. The predicted octanol–water partition coefficient (Wildman–Crippen LogP) is 5.17. The second-order valence-corrected chi connectivity index (χ2v) is 7.16. The topological polar surface area (TPSA) is 117 Å². The number of phenolic OH excluding ortho intramolecular Hbond substituents is 1. The zero-order valence-corrected chi connectivity index (χ0v) is 18.3. The number of benzene rings is 3. The average Bonchev–Trinajstić information content (AvgIpc) is 2.82. The molecule has 33 heavy (non-hydrogen) atoms. The zero-order chi connectivity index (χ0) is 23.0. The number of phenols is 1. The summed E-state index contributed by atoms with van der Waals surface area (Å²) in [5, 5.41) is 20.8. The Labute approximate surface area is 195 Å². The normalized spacial score (nSPS) is 10.7. The second-order valence-electron chi connectivity index (χ2n) is 6.72. The number of nitrogens with zero attached hydrogens (tertiary/aromatic N) is 4. The smallest absolute Gasteiger partial charge is 0.250 e. The van der Waals surface area contributed by atoms with Gasteiger partial charge in [-0.05, 0) is 54.6 Å². The SMILES string of the molecule is COc1ccc(Nc2nc(N/N=C\c3cc(Cl)ccc3O)nc(Nc3ccccc3)n2)cc1. The van der Waals surface area contributed by atoms with Crippen LogP contribution < -0.4 is 20.8 Å². The molecule has 4 aromatic rings. The van der Waals surface area contributed by atoms with Crippen molar-refractivity contribution in [3.63, 3.8) is 0 Å². The van der Waals surface area contributed by atoms with Crippen molar-refractivity contribution in [2.24, 2.45) is 5.10 Å². The Morgan fingerprint density at radius 3 is 2.15 bits per heavy atom. The number of methoxy groups -OCH3 is 1. The van der Waals surface area contributed by atoms with Crippen LogP contribution in [0.1, 0.15) is 5.56 Å². The van der Waals surface area contributed by atoms with Gasteiger partial charge in [-0.1, -0.05) is 29.8 Å². The van der Waals surface area contributed by atoms with Crippen LogP contribution in [0.5, 0.6) is 11.5 Å². The lowest BCUT2D eigenvalue weighted by Gasteiger charge is -2.10. The highest BCUT2D eigenvalue weighted by atomic mass is 35.5. The summed E-state index contributed by atoms with van der Waals surface area (Å²) in [6.07, 6.45) is 1.42. The highest BCUT2D eigenvalue weighted by Crippen LogP contribution is 2.22. The summed E-state index contributed by atoms with van der Waals surface area (Å²) in [7, 11) is 1.61. The van der Waals surface area contributed by atoms with E-state index in [0.717, 1.165) is 17.1 Å². The molecule has 0 spiro atoms. The number of hydrazone groups is 1. The molecule has 0 saturated heterocycles. The van der Waals surface area contributed by atoms with Gasteiger partial charge in [-0.15, -0.1) is 0 Å². The third kappa shape index (κ3) is 6.08. The first-order valence-electron chi connectivity index (χ1n) is 9.86. The standard InChI is InChI=1S/C23H20ClN7O2/c1-33-19-10-8-18(9-11-19)27-22-28-21(26-17-5-3-2-4-6-17)29-23(30-22)31-25-14-15-13-16(24)7-12-20(15)32/h2-14,32H,1H3,(H3,26,27,28,29,30,31)/b25-14-. The maximum atomic E-state index is 9.94. The number of hydrogen-bond donors (Lipinski definition) is 4. The maximum Gasteiger partial charge on any atom is 0.250 e. The van der Waals surface area contributed by atoms with Gasteiger partial charge < -0.3 is 20.5 Å². The van der Waals surface area contributed by atoms with Crippen LogP contribution in [-0.2, 0) is 0 Å². The van der Waals surface area contributed by atoms with E-state index in [4.69, 9.17) is 16.3 Å². The molecule has 0 saturated carbocycles. The summed E-state index contributed by atoms with van der Waals surface area (Å²) in [5.74, 6) is 1.60. The number of halogens is 1. The van der Waals surface area contributed by atoms with Gasteiger partial charge in [0.15, 0.2) is 0 Å². The molecule has 10 heteroatoms. The summed E-state index contributed by atoms with van der Waals surface area (Å²) in [6, 6.07) is 21.5. The van der Waals surface area contributed by atoms with E-state index in [9.17, 15) is 5.11 Å². The van der Waals surface area contributed by atoms with Crippen molar-refractivity contribution < 1.29 is 9.84 Å². The van der Waals surface area contributed by atoms with E-state index in [1.165, 1.54) is 12.3 Å². The number of aromatic hydroxyl groups is 1. The number of rotatable bonds is 8. The Hall–Kier alpha value is -4.37. The Bertz CT molecular complexity index is 1250. The van der Waals surface area contributed by atoms with Gasteiger partial charge in [-0.3, -0.25) is 0 Å². The molecule has 0 radical (unpaired) electrons. The maximum absolute atomic E-state index is 9.94. The van der Waals surface area contributed by atoms with Gasteiger partial charge in [-0.2, -0.15) is 20.1 Å². The van der Waals surface area contributed by atoms with E-state index in [-0.39, 0.29) is 11.7 Å². The molecule has 3 aromatic carbocycles. The van der Waals surface area contributed by atoms with E-state index in [0.29, 0.717) is 22.5 Å². The molecule has 1 heterocycles. The fraction of sp³-hybridized carbons (Fsp3) is 0.0435. The second kappa shape index (κ2) is 10.3. The van der Waals surface area contributed by atoms with Gasteiger partial charge in [0.2, 0.25) is 17.8 Å². The van der Waals surface area contributed by atoms with Gasteiger partial charge in [0.05, 0.1) is 13.3 Å². The first-order chi connectivity index (χ1) is 16.1. The monoisotopic (exact) mass is 461 g/mol. The fourth-order valence-corrected chi connectivity index (χ4v) is 2.96. The third-order valence-electron chi connectivity index (χ3n) is 4.37. The summed E-state index contributed by atoms with van der Waals surface area (Å²) in [6.45, 7) is 0. The van der Waals surface area contributed by atoms with Crippen LogP contribution in [0.25, 0.3) is 0 Å². The van der Waals surface area contributed by atoms with E-state index < -0.39 is 0 Å². The molecule has 0 atom stereocenters. The van der Waals surface area contributed by atoms with Gasteiger partial charge in [0.1, 0.15) is 11.5 Å². The molecule has 1 aromatic heterocycles. The zero-order valence-electron chi connectivity index (χ0n) is 17.5. The number of anilines is 5. The van der Waals surface area contributed by atoms with Crippen LogP contribution in [-0.4, -0.2) is 33.4 Å². The van der Waals surface area contributed by atoms with Crippen LogP contribution in [0.4, 0.5) is 29.2 Å². The Kier molecular flexibility index (Phi) is 6.81. The fourth-order valence-electron chi connectivity index (χ4n) is 2.78. The Morgan fingerprint density at radius 1 is 0.848 bits per heavy atom. The molecule has 0 aliphatic carbocycles. The van der Waals surface area contributed by atoms with E-state index >= 15 is 0 Å². The van der Waals surface area contributed by atoms with Crippen LogP contribution in [0, 0.1) is 0 Å². The van der Waals surface area contributed by atoms with Gasteiger partial charge >= 0.3 is 0 Å². The van der Waals surface area contributed by atoms with Crippen molar-refractivity contribution >= 4 is 47.0 Å². The van der Waals surface area contributed by atoms with Gasteiger partial charge in [0, 0.05) is 22.0 Å². The molecular weight excluding hydrogens is 442 g/mol. The minimum Gasteiger partial charge on any atom is -0.507 e. The average molecular weight is 462 g/mol. The predicted molar refractivity (Wildman–Crippen MR) is 130 cm³/mol. The van der Waals surface area contributed by atoms with Crippen molar-refractivity contribution in [1.82, 2.24) is 15.0 Å². The molecule has 0 unspecified atom stereocenters. The minimum absolute atomic E-state index is 0.0499. The molecule has 4 N–H and O–H groups in total. The first kappa shape index (κ1) is 21.8. The largest absolute Gasteiger partial charge is 0.507 e. The van der Waals surface area contributed by atoms with Gasteiger partial charge in [-0.25, -0.2) is 5.43 Å². The van der Waals surface area contributed by atoms with Crippen LogP contribution >= 0.6 is 11.6 Å². The van der Waals surface area contributed by atoms with Crippen molar-refractivity contribution in [2.75, 3.05) is 23.2 Å². The summed E-state index contributed by atoms with van der Waals surface area (Å²) in [5.41, 5.74) is 4.80. The number of aromatic nitrogens is 3. The lowest BCUT2D eigenvalue weighted by molar-refractivity contribution is 0.415. The lowest BCUT2D eigenvalue weighted by Crippen LogP contribution is -2.07. The number of para-hydroxylation sites is 1. The van der Waals surface area contributed by atoms with Crippen molar-refractivity contribution in [2.45, 2.75) is 0 Å². The Morgan fingerprint density at radius 2 is 1.48 bits per heavy atom. The molecular formula is C23H20ClN7O2. The van der Waals surface area contributed by atoms with E-state index in [1.54, 1.807) is 19.2 Å². The summed E-state index contributed by atoms with van der Waals surface area (Å²) >= 11 is 5.98. The third-order valence-corrected chi connectivity index (χ3v) is 4.60. The summed E-state index contributed by atoms with van der Waals surface area (Å²) < 4.78 is 5.19. The molecule has 166 valence electrons. The molecule has 4 rings (SSSR count). The minimum atomic E-state index is 0.0499. The first-order valence-corrected chi connectivity index (χ1v) is 10.2. The van der Waals surface area contributed by atoms with Crippen molar-refractivity contribution in [1.29, 1.82) is 0 Å². The molecule has 9 nitrogen and oxygen atoms in total. The highest BCUT2D eigenvalue weighted by Gasteiger charge is 2.08.